The Bertz CT molecular complexity index is 3210. The number of nitrogens with zero attached hydrogens (tertiary/aromatic N) is 2. The summed E-state index contributed by atoms with van der Waals surface area (Å²) in [6, 6.07) is 6.09. The monoisotopic (exact) mass is 1230 g/mol. The molecule has 450 valence electrons. The molecule has 11 rings (SSSR count). The first-order valence-electron chi connectivity index (χ1n) is 29.4. The lowest BCUT2D eigenvalue weighted by molar-refractivity contribution is -0.203. The van der Waals surface area contributed by atoms with Crippen molar-refractivity contribution >= 4 is 108 Å². The molecule has 0 aromatic carbocycles. The van der Waals surface area contributed by atoms with Gasteiger partial charge in [0.05, 0.1) is 33.4 Å². The van der Waals surface area contributed by atoms with E-state index in [0.29, 0.717) is 12.8 Å². The topological polar surface area (TPSA) is 218 Å². The van der Waals surface area contributed by atoms with Crippen molar-refractivity contribution in [3.63, 3.8) is 0 Å². The SMILES string of the molecule is CCC(=O)OCC(=O)[C@@]1(OC(=O)CC)[C@@H](C)C[C@H]2[C@@H]3CCC4=CC(=Nc5cc(C)cs5)C=C[C@]4(C)[C@@]3(Cl)[C@@H](O)C[C@@]21C.Cc1cc(N)cs1.Cc1csc(N=C2C=C[C@@]3(C)C(=C2)CC[C@H]2[C@@H]4C[C@H](C)[C@](O)(C(=O)CO)[C@@]4(C)C[C@H](O)[C@@]23Cl)c1. The van der Waals surface area contributed by atoms with Crippen LogP contribution in [0.4, 0.5) is 15.7 Å². The zero-order chi connectivity index (χ0) is 60.6. The molecule has 0 radical (unpaired) electrons. The standard InChI is InChI=1S/C33H42ClNO6S.C27H34ClNO4S.C5H7NS/c1-7-28(38)40-17-26(37)33(41-29(39)8-2)20(4)14-24-23-10-9-21-15-22(35-27-13-19(3)18-42-27)11-12-30(21,5)32(23,34)25(36)16-31(24,33)6;1-15-9-23(34-14-15)29-18-7-8-24(3)17(11-18)5-6-19-20-10-16(2)27(33,22(32)13-30)25(20,4)12-21(31)26(19,24)28;1-4-2-5(6)3-7-4/h11-13,15,18,20,23-25,36H,7-10,14,16-17H2,1-6H3;7-9,11,14,16,19-21,30-31,33H,5-6,10,12-13H2,1-4H3;2-3H,6H2,1H3/t20-,23-,24-,25-,30-,31-,32-,33-;16-,19-,20-,21-,24-,25-,26-,27-;/m00./s1. The van der Waals surface area contributed by atoms with Gasteiger partial charge in [-0.05, 0) is 166 Å². The van der Waals surface area contributed by atoms with Crippen LogP contribution in [0.25, 0.3) is 0 Å². The average molecular weight is 1230 g/mol. The fourth-order valence-corrected chi connectivity index (χ4v) is 20.3. The first-order chi connectivity index (χ1) is 39.0. The van der Waals surface area contributed by atoms with E-state index in [2.05, 4.69) is 74.9 Å². The summed E-state index contributed by atoms with van der Waals surface area (Å²) in [5.41, 5.74) is 6.59. The van der Waals surface area contributed by atoms with Gasteiger partial charge < -0.3 is 35.6 Å². The first-order valence-corrected chi connectivity index (χ1v) is 32.8. The van der Waals surface area contributed by atoms with E-state index < -0.39 is 91.5 Å². The third-order valence-corrected chi connectivity index (χ3v) is 25.9. The molecular formula is C65H83Cl2N3O10S3. The molecule has 0 saturated heterocycles. The van der Waals surface area contributed by atoms with Gasteiger partial charge in [-0.2, -0.15) is 0 Å². The maximum atomic E-state index is 14.0. The number of aliphatic imine (C=N–C) groups is 2. The van der Waals surface area contributed by atoms with Gasteiger partial charge >= 0.3 is 11.9 Å². The molecule has 3 heterocycles. The summed E-state index contributed by atoms with van der Waals surface area (Å²) in [6.07, 6.45) is 15.6. The summed E-state index contributed by atoms with van der Waals surface area (Å²) in [5, 5.41) is 53.0. The molecule has 16 atom stereocenters. The number of carbonyl (C=O) groups excluding carboxylic acids is 4. The van der Waals surface area contributed by atoms with E-state index >= 15 is 0 Å². The Morgan fingerprint density at radius 3 is 1.59 bits per heavy atom. The number of Topliss-reactive ketones (excluding diaryl/α,β-unsaturated/α-hetero) is 2. The number of nitrogen functional groups attached to an aromatic ring is 1. The number of fused-ring (bicyclic) bond motifs is 10. The van der Waals surface area contributed by atoms with Crippen molar-refractivity contribution in [3.8, 4) is 0 Å². The van der Waals surface area contributed by atoms with Gasteiger partial charge in [0.1, 0.15) is 22.2 Å². The van der Waals surface area contributed by atoms with E-state index in [0.717, 1.165) is 58.4 Å². The molecule has 6 N–H and O–H groups in total. The van der Waals surface area contributed by atoms with Crippen molar-refractivity contribution < 1.29 is 49.1 Å². The third-order valence-electron chi connectivity index (χ3n) is 21.3. The second-order valence-electron chi connectivity index (χ2n) is 25.8. The van der Waals surface area contributed by atoms with Crippen LogP contribution in [0, 0.1) is 77.9 Å². The third kappa shape index (κ3) is 10.1. The minimum atomic E-state index is -1.66. The number of ketones is 2. The van der Waals surface area contributed by atoms with Crippen LogP contribution in [0.15, 0.2) is 91.9 Å². The summed E-state index contributed by atoms with van der Waals surface area (Å²) < 4.78 is 11.4. The summed E-state index contributed by atoms with van der Waals surface area (Å²) in [7, 11) is 0. The second-order valence-corrected chi connectivity index (χ2v) is 30.0. The molecule has 6 fully saturated rings. The molecule has 3 aromatic heterocycles. The molecule has 83 heavy (non-hydrogen) atoms. The minimum absolute atomic E-state index is 0.0279. The van der Waals surface area contributed by atoms with Gasteiger partial charge in [0.15, 0.2) is 18.0 Å². The predicted molar refractivity (Wildman–Crippen MR) is 333 cm³/mol. The highest BCUT2D eigenvalue weighted by Crippen LogP contribution is 2.74. The first kappa shape index (κ1) is 63.4. The Balaban J connectivity index is 0.000000181. The lowest BCUT2D eigenvalue weighted by atomic mass is 9.45. The number of nitrogens with two attached hydrogens (primary N) is 1. The fourth-order valence-electron chi connectivity index (χ4n) is 17.1. The Labute approximate surface area is 511 Å². The molecule has 6 saturated carbocycles. The molecule has 0 bridgehead atoms. The maximum Gasteiger partial charge on any atom is 0.306 e. The minimum Gasteiger partial charge on any atom is -0.457 e. The van der Waals surface area contributed by atoms with Crippen LogP contribution in [0.5, 0.6) is 0 Å². The van der Waals surface area contributed by atoms with Gasteiger partial charge in [0.25, 0.3) is 0 Å². The molecule has 0 spiro atoms. The predicted octanol–water partition coefficient (Wildman–Crippen LogP) is 13.0. The van der Waals surface area contributed by atoms with Gasteiger partial charge in [-0.3, -0.25) is 19.2 Å². The molecule has 0 amide bonds. The van der Waals surface area contributed by atoms with Crippen molar-refractivity contribution in [1.29, 1.82) is 0 Å². The number of allylic oxidation sites excluding steroid dienone is 8. The quantitative estimate of drug-likeness (QED) is 0.0950. The van der Waals surface area contributed by atoms with Gasteiger partial charge in [0, 0.05) is 56.4 Å². The Kier molecular flexibility index (Phi) is 17.7. The van der Waals surface area contributed by atoms with E-state index in [1.165, 1.54) is 21.6 Å². The zero-order valence-corrected chi connectivity index (χ0v) is 53.7. The molecule has 0 aliphatic heterocycles. The van der Waals surface area contributed by atoms with E-state index in [4.69, 9.17) is 48.4 Å². The fraction of sp³-hybridized carbons (Fsp3) is 0.600. The van der Waals surface area contributed by atoms with Crippen molar-refractivity contribution in [2.75, 3.05) is 18.9 Å². The highest BCUT2D eigenvalue weighted by Gasteiger charge is 2.77. The second kappa shape index (κ2) is 23.2. The number of carbonyl (C=O) groups is 4. The molecule has 8 aliphatic carbocycles. The molecule has 3 aromatic rings. The van der Waals surface area contributed by atoms with Crippen LogP contribution in [-0.4, -0.2) is 102 Å². The number of thiophene rings is 3. The van der Waals surface area contributed by atoms with Crippen molar-refractivity contribution in [2.24, 2.45) is 67.2 Å². The van der Waals surface area contributed by atoms with Gasteiger partial charge in [-0.1, -0.05) is 78.7 Å². The summed E-state index contributed by atoms with van der Waals surface area (Å²) in [6.45, 7) is 20.2. The lowest BCUT2D eigenvalue weighted by Gasteiger charge is -2.64. The van der Waals surface area contributed by atoms with E-state index in [1.807, 2.05) is 58.2 Å². The largest absolute Gasteiger partial charge is 0.457 e. The van der Waals surface area contributed by atoms with E-state index in [1.54, 1.807) is 47.9 Å². The van der Waals surface area contributed by atoms with Crippen molar-refractivity contribution in [2.45, 2.75) is 174 Å². The number of hydrogen-bond acceptors (Lipinski definition) is 16. The van der Waals surface area contributed by atoms with E-state index in [9.17, 15) is 39.6 Å². The number of rotatable bonds is 10. The van der Waals surface area contributed by atoms with Gasteiger partial charge in [-0.15, -0.1) is 57.2 Å². The molecule has 8 aliphatic rings. The number of esters is 2. The maximum absolute atomic E-state index is 14.0. The van der Waals surface area contributed by atoms with Crippen molar-refractivity contribution in [1.82, 2.24) is 0 Å². The number of halogens is 2. The highest BCUT2D eigenvalue weighted by molar-refractivity contribution is 7.14. The van der Waals surface area contributed by atoms with Crippen LogP contribution in [-0.2, 0) is 28.7 Å². The average Bonchev–Trinajstić information content (AvgIpc) is 1.84. The van der Waals surface area contributed by atoms with Gasteiger partial charge in [0.2, 0.25) is 5.78 Å². The Hall–Kier alpha value is -4.10. The summed E-state index contributed by atoms with van der Waals surface area (Å²) in [4.78, 5) is 60.6. The Morgan fingerprint density at radius 1 is 0.687 bits per heavy atom. The summed E-state index contributed by atoms with van der Waals surface area (Å²) in [5.74, 6) is -2.96. The van der Waals surface area contributed by atoms with Gasteiger partial charge in [-0.25, -0.2) is 9.98 Å². The number of alkyl halides is 2. The summed E-state index contributed by atoms with van der Waals surface area (Å²) >= 11 is 20.2. The lowest BCUT2D eigenvalue weighted by Crippen LogP contribution is -2.69. The van der Waals surface area contributed by atoms with Crippen molar-refractivity contribution in [3.05, 3.63) is 97.9 Å². The van der Waals surface area contributed by atoms with Crippen LogP contribution in [0.1, 0.15) is 136 Å². The zero-order valence-electron chi connectivity index (χ0n) is 49.7. The van der Waals surface area contributed by atoms with Crippen LogP contribution in [0.3, 0.4) is 0 Å². The number of aliphatic hydroxyl groups is 4. The Morgan fingerprint density at radius 2 is 1.17 bits per heavy atom. The molecular weight excluding hydrogens is 1150 g/mol. The molecule has 0 unspecified atom stereocenters. The number of ether oxygens (including phenoxy) is 2. The highest BCUT2D eigenvalue weighted by atomic mass is 35.5. The van der Waals surface area contributed by atoms with Crippen LogP contribution >= 0.6 is 57.2 Å². The molecule has 13 nitrogen and oxygen atoms in total. The number of anilines is 1. The van der Waals surface area contributed by atoms with E-state index in [-0.39, 0.29) is 61.2 Å². The number of aliphatic hydroxyl groups excluding tert-OH is 3. The van der Waals surface area contributed by atoms with Crippen LogP contribution in [0.2, 0.25) is 0 Å². The van der Waals surface area contributed by atoms with Crippen LogP contribution < -0.4 is 5.73 Å². The normalized spacial score (nSPS) is 39.9. The smallest absolute Gasteiger partial charge is 0.306 e. The number of aryl methyl sites for hydroxylation is 3. The molecule has 18 heteroatoms. The number of hydrogen-bond donors (Lipinski definition) is 5.